The van der Waals surface area contributed by atoms with E-state index in [9.17, 15) is 14.4 Å². The number of carbonyl (C=O) groups is 2. The molecule has 1 saturated heterocycles. The molecule has 0 bridgehead atoms. The van der Waals surface area contributed by atoms with Gasteiger partial charge in [-0.15, -0.1) is 0 Å². The van der Waals surface area contributed by atoms with Gasteiger partial charge in [0.25, 0.3) is 5.91 Å². The average Bonchev–Trinajstić information content (AvgIpc) is 3.22. The molecule has 2 aromatic carbocycles. The molecule has 3 aromatic rings. The number of rotatable bonds is 3. The van der Waals surface area contributed by atoms with Crippen LogP contribution in [0.5, 0.6) is 5.75 Å². The van der Waals surface area contributed by atoms with Crippen LogP contribution in [-0.2, 0) is 16.1 Å². The van der Waals surface area contributed by atoms with Crippen molar-refractivity contribution in [2.24, 2.45) is 0 Å². The fraction of sp³-hybridized carbons (Fsp3) is 0.320. The number of hydrogen-bond acceptors (Lipinski definition) is 5. The fourth-order valence-corrected chi connectivity index (χ4v) is 4.93. The average molecular weight is 432 g/mol. The molecule has 32 heavy (non-hydrogen) atoms. The van der Waals surface area contributed by atoms with E-state index in [0.717, 1.165) is 16.5 Å². The molecular weight excluding hydrogens is 408 g/mol. The van der Waals surface area contributed by atoms with Crippen LogP contribution in [0.15, 0.2) is 57.7 Å². The predicted octanol–water partition coefficient (Wildman–Crippen LogP) is 2.84. The van der Waals surface area contributed by atoms with Gasteiger partial charge in [-0.1, -0.05) is 24.3 Å². The van der Waals surface area contributed by atoms with Gasteiger partial charge >= 0.3 is 5.63 Å². The molecule has 1 fully saturated rings. The lowest BCUT2D eigenvalue weighted by atomic mass is 9.85. The third-order valence-corrected chi connectivity index (χ3v) is 6.53. The molecule has 0 spiro atoms. The molecule has 0 aliphatic carbocycles. The maximum Gasteiger partial charge on any atom is 0.336 e. The van der Waals surface area contributed by atoms with Gasteiger partial charge in [0.2, 0.25) is 5.91 Å². The smallest absolute Gasteiger partial charge is 0.336 e. The van der Waals surface area contributed by atoms with Crippen LogP contribution < -0.4 is 10.4 Å². The first kappa shape index (κ1) is 20.3. The summed E-state index contributed by atoms with van der Waals surface area (Å²) in [6.07, 6.45) is 0. The first-order valence-electron chi connectivity index (χ1n) is 10.7. The maximum absolute atomic E-state index is 12.9. The van der Waals surface area contributed by atoms with Gasteiger partial charge < -0.3 is 19.0 Å². The van der Waals surface area contributed by atoms with E-state index in [1.807, 2.05) is 30.0 Å². The second-order valence-electron chi connectivity index (χ2n) is 8.51. The van der Waals surface area contributed by atoms with E-state index in [4.69, 9.17) is 9.15 Å². The van der Waals surface area contributed by atoms with Crippen molar-refractivity contribution in [3.63, 3.8) is 0 Å². The van der Waals surface area contributed by atoms with Gasteiger partial charge in [0.15, 0.2) is 6.61 Å². The van der Waals surface area contributed by atoms with E-state index >= 15 is 0 Å². The lowest BCUT2D eigenvalue weighted by Crippen LogP contribution is -2.46. The Balaban J connectivity index is 1.31. The highest BCUT2D eigenvalue weighted by Gasteiger charge is 2.44. The predicted molar refractivity (Wildman–Crippen MR) is 118 cm³/mol. The van der Waals surface area contributed by atoms with E-state index in [-0.39, 0.29) is 30.4 Å². The topological polar surface area (TPSA) is 80.1 Å². The van der Waals surface area contributed by atoms with Crippen LogP contribution in [0.1, 0.15) is 29.5 Å². The first-order chi connectivity index (χ1) is 15.4. The second kappa shape index (κ2) is 7.82. The van der Waals surface area contributed by atoms with Crippen LogP contribution in [0, 0.1) is 6.92 Å². The first-order valence-corrected chi connectivity index (χ1v) is 10.7. The molecule has 2 aliphatic heterocycles. The number of amides is 2. The fourth-order valence-electron chi connectivity index (χ4n) is 4.93. The molecular formula is C25H24N2O5. The minimum Gasteiger partial charge on any atom is -0.484 e. The van der Waals surface area contributed by atoms with Crippen molar-refractivity contribution in [1.82, 2.24) is 9.80 Å². The number of likely N-dealkylation sites (tertiary alicyclic amines) is 1. The summed E-state index contributed by atoms with van der Waals surface area (Å²) < 4.78 is 11.0. The lowest BCUT2D eigenvalue weighted by Gasteiger charge is -2.37. The molecule has 2 atom stereocenters. The van der Waals surface area contributed by atoms with Crippen molar-refractivity contribution in [2.45, 2.75) is 32.4 Å². The molecule has 3 heterocycles. The highest BCUT2D eigenvalue weighted by atomic mass is 16.5. The van der Waals surface area contributed by atoms with Gasteiger partial charge in [0.1, 0.15) is 11.3 Å². The van der Waals surface area contributed by atoms with E-state index in [1.165, 1.54) is 11.6 Å². The molecule has 0 unspecified atom stereocenters. The third kappa shape index (κ3) is 3.53. The zero-order valence-electron chi connectivity index (χ0n) is 18.0. The van der Waals surface area contributed by atoms with Gasteiger partial charge in [-0.05, 0) is 35.7 Å². The standard InChI is InChI=1S/C25H24N2O5/c1-15-9-25(30)32-23-10-18(7-8-19(15)23)31-14-24(29)26-12-21-20-6-4-3-5-17(20)11-27(16(2)28)22(21)13-26/h3-10,21-22H,11-14H2,1-2H3/t21-,22-/m0/s1. The second-order valence-corrected chi connectivity index (χ2v) is 8.51. The highest BCUT2D eigenvalue weighted by molar-refractivity contribution is 5.82. The number of benzene rings is 2. The van der Waals surface area contributed by atoms with Gasteiger partial charge in [-0.2, -0.15) is 0 Å². The van der Waals surface area contributed by atoms with Crippen molar-refractivity contribution < 1.29 is 18.7 Å². The Labute approximate surface area is 185 Å². The summed E-state index contributed by atoms with van der Waals surface area (Å²) >= 11 is 0. The van der Waals surface area contributed by atoms with E-state index in [1.54, 1.807) is 24.0 Å². The van der Waals surface area contributed by atoms with Crippen LogP contribution in [0.4, 0.5) is 0 Å². The number of aryl methyl sites for hydroxylation is 1. The Morgan fingerprint density at radius 3 is 2.75 bits per heavy atom. The summed E-state index contributed by atoms with van der Waals surface area (Å²) in [5, 5.41) is 0.829. The lowest BCUT2D eigenvalue weighted by molar-refractivity contribution is -0.135. The normalized spacial score (nSPS) is 19.6. The summed E-state index contributed by atoms with van der Waals surface area (Å²) in [4.78, 5) is 40.5. The van der Waals surface area contributed by atoms with Gasteiger partial charge in [-0.3, -0.25) is 9.59 Å². The van der Waals surface area contributed by atoms with Crippen molar-refractivity contribution >= 4 is 22.8 Å². The van der Waals surface area contributed by atoms with Gasteiger partial charge in [-0.25, -0.2) is 4.79 Å². The summed E-state index contributed by atoms with van der Waals surface area (Å²) in [5.41, 5.74) is 3.20. The van der Waals surface area contributed by atoms with Crippen molar-refractivity contribution in [3.05, 3.63) is 75.6 Å². The van der Waals surface area contributed by atoms with Crippen molar-refractivity contribution in [3.8, 4) is 5.75 Å². The summed E-state index contributed by atoms with van der Waals surface area (Å²) in [5.74, 6) is 0.455. The molecule has 0 radical (unpaired) electrons. The molecule has 1 aromatic heterocycles. The van der Waals surface area contributed by atoms with E-state index < -0.39 is 5.63 Å². The number of fused-ring (bicyclic) bond motifs is 4. The Hall–Kier alpha value is -3.61. The van der Waals surface area contributed by atoms with Crippen molar-refractivity contribution in [2.75, 3.05) is 19.7 Å². The zero-order valence-corrected chi connectivity index (χ0v) is 18.0. The number of carbonyl (C=O) groups excluding carboxylic acids is 2. The van der Waals surface area contributed by atoms with Crippen LogP contribution in [0.2, 0.25) is 0 Å². The highest BCUT2D eigenvalue weighted by Crippen LogP contribution is 2.38. The molecule has 2 amide bonds. The molecule has 5 rings (SSSR count). The Kier molecular flexibility index (Phi) is 4.96. The minimum atomic E-state index is -0.418. The van der Waals surface area contributed by atoms with E-state index in [2.05, 4.69) is 12.1 Å². The largest absolute Gasteiger partial charge is 0.484 e. The van der Waals surface area contributed by atoms with Crippen LogP contribution in [0.25, 0.3) is 11.0 Å². The zero-order chi connectivity index (χ0) is 22.4. The van der Waals surface area contributed by atoms with Gasteiger partial charge in [0.05, 0.1) is 6.04 Å². The molecule has 7 nitrogen and oxygen atoms in total. The molecule has 7 heteroatoms. The minimum absolute atomic E-state index is 0.0213. The quantitative estimate of drug-likeness (QED) is 0.595. The SMILES string of the molecule is CC(=O)N1Cc2ccccc2[C@@H]2CN(C(=O)COc3ccc4c(C)cc(=O)oc4c3)C[C@@H]21. The monoisotopic (exact) mass is 432 g/mol. The summed E-state index contributed by atoms with van der Waals surface area (Å²) in [6, 6.07) is 14.8. The molecule has 164 valence electrons. The summed E-state index contributed by atoms with van der Waals surface area (Å²) in [6.45, 7) is 4.93. The molecule has 0 saturated carbocycles. The van der Waals surface area contributed by atoms with Crippen LogP contribution in [-0.4, -0.2) is 47.4 Å². The number of hydrogen-bond donors (Lipinski definition) is 0. The third-order valence-electron chi connectivity index (χ3n) is 6.53. The van der Waals surface area contributed by atoms with Gasteiger partial charge in [0, 0.05) is 50.0 Å². The summed E-state index contributed by atoms with van der Waals surface area (Å²) in [7, 11) is 0. The number of ether oxygens (including phenoxy) is 1. The maximum atomic E-state index is 12.9. The van der Waals surface area contributed by atoms with Crippen molar-refractivity contribution in [1.29, 1.82) is 0 Å². The van der Waals surface area contributed by atoms with Crippen LogP contribution >= 0.6 is 0 Å². The van der Waals surface area contributed by atoms with Crippen LogP contribution in [0.3, 0.4) is 0 Å². The number of nitrogens with zero attached hydrogens (tertiary/aromatic N) is 2. The molecule has 2 aliphatic rings. The Morgan fingerprint density at radius 1 is 1.12 bits per heavy atom. The Bertz CT molecular complexity index is 1280. The van der Waals surface area contributed by atoms with E-state index in [0.29, 0.717) is 31.0 Å². The molecule has 0 N–H and O–H groups in total. The Morgan fingerprint density at radius 2 is 1.94 bits per heavy atom.